The number of carboxylic acid groups (broad SMARTS) is 1. The third kappa shape index (κ3) is 1.62. The molecule has 2 aromatic rings. The van der Waals surface area contributed by atoms with Gasteiger partial charge in [-0.3, -0.25) is 0 Å². The molecule has 0 aromatic carbocycles. The smallest absolute Gasteiger partial charge is 0.356 e. The highest BCUT2D eigenvalue weighted by atomic mass is 16.4. The summed E-state index contributed by atoms with van der Waals surface area (Å²) in [5.74, 6) is -0.0231. The number of carbonyl (C=O) groups is 1. The van der Waals surface area contributed by atoms with Gasteiger partial charge < -0.3 is 19.2 Å². The SMILES string of the molecule is O=C(O)c1nc(-c2ccco2)n2c1CC(O)CC2. The van der Waals surface area contributed by atoms with Crippen molar-refractivity contribution in [1.82, 2.24) is 9.55 Å². The first-order chi connectivity index (χ1) is 8.66. The fourth-order valence-corrected chi connectivity index (χ4v) is 2.30. The van der Waals surface area contributed by atoms with Crippen molar-refractivity contribution < 1.29 is 19.4 Å². The van der Waals surface area contributed by atoms with Crippen LogP contribution in [0.15, 0.2) is 22.8 Å². The van der Waals surface area contributed by atoms with E-state index in [1.165, 1.54) is 6.26 Å². The average molecular weight is 248 g/mol. The van der Waals surface area contributed by atoms with E-state index in [-0.39, 0.29) is 5.69 Å². The topological polar surface area (TPSA) is 88.5 Å². The van der Waals surface area contributed by atoms with Gasteiger partial charge in [-0.1, -0.05) is 0 Å². The number of aromatic carboxylic acids is 1. The van der Waals surface area contributed by atoms with Crippen LogP contribution >= 0.6 is 0 Å². The van der Waals surface area contributed by atoms with E-state index in [1.54, 1.807) is 12.1 Å². The summed E-state index contributed by atoms with van der Waals surface area (Å²) in [5, 5.41) is 18.8. The number of furan rings is 1. The lowest BCUT2D eigenvalue weighted by molar-refractivity contribution is 0.0687. The third-order valence-corrected chi connectivity index (χ3v) is 3.13. The molecule has 0 saturated carbocycles. The second-order valence-electron chi connectivity index (χ2n) is 4.31. The number of aliphatic hydroxyl groups is 1. The van der Waals surface area contributed by atoms with Crippen LogP contribution in [-0.4, -0.2) is 31.8 Å². The molecule has 1 aliphatic heterocycles. The van der Waals surface area contributed by atoms with Crippen LogP contribution in [0.4, 0.5) is 0 Å². The summed E-state index contributed by atoms with van der Waals surface area (Å²) in [6, 6.07) is 3.47. The van der Waals surface area contributed by atoms with Crippen LogP contribution in [0.1, 0.15) is 22.6 Å². The molecule has 2 aromatic heterocycles. The zero-order valence-corrected chi connectivity index (χ0v) is 9.54. The van der Waals surface area contributed by atoms with Crippen LogP contribution in [0, 0.1) is 0 Å². The molecule has 0 amide bonds. The molecule has 0 spiro atoms. The third-order valence-electron chi connectivity index (χ3n) is 3.13. The van der Waals surface area contributed by atoms with E-state index in [0.717, 1.165) is 0 Å². The van der Waals surface area contributed by atoms with Gasteiger partial charge in [0.25, 0.3) is 0 Å². The fourth-order valence-electron chi connectivity index (χ4n) is 2.30. The molecule has 6 nitrogen and oxygen atoms in total. The number of fused-ring (bicyclic) bond motifs is 1. The Morgan fingerprint density at radius 3 is 3.06 bits per heavy atom. The first-order valence-electron chi connectivity index (χ1n) is 5.71. The first kappa shape index (κ1) is 11.0. The van der Waals surface area contributed by atoms with Crippen molar-refractivity contribution in [3.8, 4) is 11.6 Å². The number of rotatable bonds is 2. The van der Waals surface area contributed by atoms with Gasteiger partial charge in [0.15, 0.2) is 17.3 Å². The molecule has 0 saturated heterocycles. The zero-order chi connectivity index (χ0) is 12.7. The van der Waals surface area contributed by atoms with Crippen molar-refractivity contribution in [2.75, 3.05) is 0 Å². The molecule has 1 aliphatic rings. The Balaban J connectivity index is 2.17. The van der Waals surface area contributed by atoms with Crippen LogP contribution in [0.5, 0.6) is 0 Å². The van der Waals surface area contributed by atoms with Gasteiger partial charge in [-0.15, -0.1) is 0 Å². The number of hydrogen-bond acceptors (Lipinski definition) is 4. The maximum absolute atomic E-state index is 11.2. The Kier molecular flexibility index (Phi) is 2.45. The van der Waals surface area contributed by atoms with Gasteiger partial charge in [-0.2, -0.15) is 0 Å². The average Bonchev–Trinajstić information content (AvgIpc) is 2.93. The highest BCUT2D eigenvalue weighted by molar-refractivity contribution is 5.87. The van der Waals surface area contributed by atoms with E-state index in [2.05, 4.69) is 4.98 Å². The molecule has 3 heterocycles. The van der Waals surface area contributed by atoms with Gasteiger partial charge in [0.05, 0.1) is 18.1 Å². The summed E-state index contributed by atoms with van der Waals surface area (Å²) in [6.45, 7) is 0.548. The molecule has 3 rings (SSSR count). The lowest BCUT2D eigenvalue weighted by Crippen LogP contribution is -2.24. The molecule has 0 bridgehead atoms. The zero-order valence-electron chi connectivity index (χ0n) is 9.54. The van der Waals surface area contributed by atoms with E-state index < -0.39 is 12.1 Å². The monoisotopic (exact) mass is 248 g/mol. The van der Waals surface area contributed by atoms with Crippen molar-refractivity contribution in [2.24, 2.45) is 0 Å². The first-order valence-corrected chi connectivity index (χ1v) is 5.71. The predicted molar refractivity (Wildman–Crippen MR) is 61.2 cm³/mol. The molecule has 1 atom stereocenters. The normalized spacial score (nSPS) is 18.6. The molecule has 1 unspecified atom stereocenters. The maximum Gasteiger partial charge on any atom is 0.356 e. The van der Waals surface area contributed by atoms with Crippen LogP contribution in [0.25, 0.3) is 11.6 Å². The number of carboxylic acids is 1. The second kappa shape index (κ2) is 3.99. The van der Waals surface area contributed by atoms with E-state index in [0.29, 0.717) is 36.7 Å². The van der Waals surface area contributed by atoms with Crippen molar-refractivity contribution in [3.05, 3.63) is 29.8 Å². The Bertz CT molecular complexity index is 585. The number of aliphatic hydroxyl groups excluding tert-OH is 1. The quantitative estimate of drug-likeness (QED) is 0.832. The van der Waals surface area contributed by atoms with E-state index >= 15 is 0 Å². The maximum atomic E-state index is 11.2. The predicted octanol–water partition coefficient (Wildman–Crippen LogP) is 1.15. The number of hydrogen-bond donors (Lipinski definition) is 2. The summed E-state index contributed by atoms with van der Waals surface area (Å²) in [6.07, 6.45) is 1.93. The van der Waals surface area contributed by atoms with Gasteiger partial charge in [0.2, 0.25) is 0 Å². The minimum atomic E-state index is -1.08. The van der Waals surface area contributed by atoms with E-state index in [9.17, 15) is 9.90 Å². The van der Waals surface area contributed by atoms with E-state index in [4.69, 9.17) is 9.52 Å². The second-order valence-corrected chi connectivity index (χ2v) is 4.31. The number of aromatic nitrogens is 2. The Hall–Kier alpha value is -2.08. The summed E-state index contributed by atoms with van der Waals surface area (Å²) < 4.78 is 7.08. The van der Waals surface area contributed by atoms with Crippen LogP contribution in [0.2, 0.25) is 0 Å². The van der Waals surface area contributed by atoms with Crippen molar-refractivity contribution in [3.63, 3.8) is 0 Å². The molecular weight excluding hydrogens is 236 g/mol. The van der Waals surface area contributed by atoms with Crippen molar-refractivity contribution in [2.45, 2.75) is 25.5 Å². The Morgan fingerprint density at radius 1 is 1.56 bits per heavy atom. The molecule has 2 N–H and O–H groups in total. The minimum absolute atomic E-state index is 0.000139. The van der Waals surface area contributed by atoms with E-state index in [1.807, 2.05) is 4.57 Å². The summed E-state index contributed by atoms with van der Waals surface area (Å²) in [5.41, 5.74) is 0.563. The molecule has 18 heavy (non-hydrogen) atoms. The van der Waals surface area contributed by atoms with Gasteiger partial charge >= 0.3 is 5.97 Å². The van der Waals surface area contributed by atoms with Gasteiger partial charge in [0.1, 0.15) is 0 Å². The fraction of sp³-hybridized carbons (Fsp3) is 0.333. The number of imidazole rings is 1. The van der Waals surface area contributed by atoms with Gasteiger partial charge in [-0.05, 0) is 18.6 Å². The van der Waals surface area contributed by atoms with Gasteiger partial charge in [0, 0.05) is 13.0 Å². The van der Waals surface area contributed by atoms with Crippen LogP contribution in [-0.2, 0) is 13.0 Å². The Labute approximate surface area is 102 Å². The minimum Gasteiger partial charge on any atom is -0.476 e. The van der Waals surface area contributed by atoms with Crippen LogP contribution < -0.4 is 0 Å². The molecule has 0 fully saturated rings. The number of nitrogens with zero attached hydrogens (tertiary/aromatic N) is 2. The molecule has 94 valence electrons. The van der Waals surface area contributed by atoms with Gasteiger partial charge in [-0.25, -0.2) is 9.78 Å². The van der Waals surface area contributed by atoms with Crippen LogP contribution in [0.3, 0.4) is 0 Å². The lowest BCUT2D eigenvalue weighted by atomic mass is 10.1. The lowest BCUT2D eigenvalue weighted by Gasteiger charge is -2.20. The summed E-state index contributed by atoms with van der Waals surface area (Å²) >= 11 is 0. The standard InChI is InChI=1S/C12H12N2O4/c15-7-3-4-14-8(6-7)10(12(16)17)13-11(14)9-2-1-5-18-9/h1-2,5,7,15H,3-4,6H2,(H,16,17). The summed E-state index contributed by atoms with van der Waals surface area (Å²) in [4.78, 5) is 15.3. The highest BCUT2D eigenvalue weighted by Gasteiger charge is 2.28. The van der Waals surface area contributed by atoms with Crippen molar-refractivity contribution >= 4 is 5.97 Å². The highest BCUT2D eigenvalue weighted by Crippen LogP contribution is 2.27. The molecule has 0 aliphatic carbocycles. The molecule has 0 radical (unpaired) electrons. The largest absolute Gasteiger partial charge is 0.476 e. The molecular formula is C12H12N2O4. The van der Waals surface area contributed by atoms with Crippen molar-refractivity contribution in [1.29, 1.82) is 0 Å². The summed E-state index contributed by atoms with van der Waals surface area (Å²) in [7, 11) is 0. The Morgan fingerprint density at radius 2 is 2.39 bits per heavy atom. The molecule has 6 heteroatoms.